The van der Waals surface area contributed by atoms with Crippen molar-refractivity contribution >= 4 is 11.6 Å². The lowest BCUT2D eigenvalue weighted by Crippen LogP contribution is -2.66. The Kier molecular flexibility index (Phi) is 2.83. The zero-order valence-corrected chi connectivity index (χ0v) is 14.0. The largest absolute Gasteiger partial charge is 0.324 e. The lowest BCUT2D eigenvalue weighted by atomic mass is 9.44. The summed E-state index contributed by atoms with van der Waals surface area (Å²) in [6.45, 7) is 8.56. The minimum absolute atomic E-state index is 0.0415. The molecule has 0 aromatic carbocycles. The number of allylic oxidation sites excluding steroid dienone is 4. The van der Waals surface area contributed by atoms with Crippen LogP contribution in [0.4, 0.5) is 0 Å². The molecule has 0 saturated heterocycles. The number of carbonyl (C=O) groups is 2. The number of hydrogen-bond acceptors (Lipinski definition) is 3. The first-order chi connectivity index (χ1) is 10.7. The molecule has 0 spiro atoms. The van der Waals surface area contributed by atoms with Gasteiger partial charge >= 0.3 is 0 Å². The maximum absolute atomic E-state index is 12.5. The van der Waals surface area contributed by atoms with Crippen LogP contribution in [0.15, 0.2) is 36.0 Å². The molecule has 0 bridgehead atoms. The van der Waals surface area contributed by atoms with Crippen molar-refractivity contribution in [2.75, 3.05) is 0 Å². The molecule has 0 aromatic rings. The van der Waals surface area contributed by atoms with Crippen LogP contribution in [0, 0.1) is 22.7 Å². The van der Waals surface area contributed by atoms with Crippen LogP contribution < -0.4 is 5.73 Å². The van der Waals surface area contributed by atoms with Crippen LogP contribution in [0.5, 0.6) is 0 Å². The van der Waals surface area contributed by atoms with E-state index in [0.29, 0.717) is 18.6 Å². The van der Waals surface area contributed by atoms with Gasteiger partial charge in [0, 0.05) is 22.8 Å². The molecule has 5 atom stereocenters. The summed E-state index contributed by atoms with van der Waals surface area (Å²) < 4.78 is 0. The minimum atomic E-state index is -0.396. The van der Waals surface area contributed by atoms with Gasteiger partial charge < -0.3 is 5.73 Å². The smallest absolute Gasteiger partial charge is 0.178 e. The van der Waals surface area contributed by atoms with Crippen molar-refractivity contribution in [1.82, 2.24) is 0 Å². The number of ketones is 2. The van der Waals surface area contributed by atoms with Crippen LogP contribution in [0.2, 0.25) is 0 Å². The molecular weight excluding hydrogens is 286 g/mol. The molecule has 4 aliphatic carbocycles. The fourth-order valence-electron chi connectivity index (χ4n) is 6.25. The monoisotopic (exact) mass is 311 g/mol. The molecule has 0 amide bonds. The molecule has 0 aromatic heterocycles. The SMILES string of the molecule is C=C1C[C@]2(N)C(CC[C@]3(C)C(=O)CCC23)[C@@]2(C)C=CC(=O)C=C12. The van der Waals surface area contributed by atoms with Crippen molar-refractivity contribution in [1.29, 1.82) is 0 Å². The third kappa shape index (κ3) is 1.69. The number of nitrogens with two attached hydrogens (primary N) is 1. The van der Waals surface area contributed by atoms with Gasteiger partial charge in [-0.2, -0.15) is 0 Å². The van der Waals surface area contributed by atoms with Crippen LogP contribution in [0.1, 0.15) is 46.0 Å². The standard InChI is InChI=1S/C20H25NO2/c1-12-11-20(21)15-4-5-17(23)19(15,3)9-7-16(20)18(2)8-6-13(22)10-14(12)18/h6,8,10,15-16H,1,4-5,7,9,11,21H2,2-3H3/t15?,16?,18-,19-,20+/m0/s1. The Morgan fingerprint density at radius 2 is 1.96 bits per heavy atom. The Hall–Kier alpha value is -1.48. The first-order valence-electron chi connectivity index (χ1n) is 8.67. The molecular formula is C20H25NO2. The highest BCUT2D eigenvalue weighted by Gasteiger charge is 2.64. The third-order valence-electron chi connectivity index (χ3n) is 7.40. The van der Waals surface area contributed by atoms with E-state index in [2.05, 4.69) is 20.4 Å². The van der Waals surface area contributed by atoms with Crippen molar-refractivity contribution in [3.8, 4) is 0 Å². The molecule has 4 rings (SSSR count). The number of rotatable bonds is 0. The fraction of sp³-hybridized carbons (Fsp3) is 0.600. The molecule has 3 saturated carbocycles. The molecule has 3 fully saturated rings. The summed E-state index contributed by atoms with van der Waals surface area (Å²) in [4.78, 5) is 24.3. The molecule has 0 aliphatic heterocycles. The van der Waals surface area contributed by atoms with Gasteiger partial charge in [-0.15, -0.1) is 0 Å². The fourth-order valence-corrected chi connectivity index (χ4v) is 6.25. The molecule has 4 aliphatic rings. The summed E-state index contributed by atoms with van der Waals surface area (Å²) in [6, 6.07) is 0. The van der Waals surface area contributed by atoms with Crippen LogP contribution in [-0.4, -0.2) is 17.1 Å². The second-order valence-electron chi connectivity index (χ2n) is 8.49. The lowest BCUT2D eigenvalue weighted by Gasteiger charge is -2.61. The Labute approximate surface area is 137 Å². The van der Waals surface area contributed by atoms with Gasteiger partial charge in [-0.1, -0.05) is 26.5 Å². The van der Waals surface area contributed by atoms with Crippen molar-refractivity contribution in [3.05, 3.63) is 36.0 Å². The Bertz CT molecular complexity index is 702. The Morgan fingerprint density at radius 1 is 1.22 bits per heavy atom. The van der Waals surface area contributed by atoms with Gasteiger partial charge in [0.05, 0.1) is 0 Å². The maximum atomic E-state index is 12.5. The average Bonchev–Trinajstić information content (AvgIpc) is 2.78. The molecule has 3 nitrogen and oxygen atoms in total. The summed E-state index contributed by atoms with van der Waals surface area (Å²) in [5, 5.41) is 0. The molecule has 23 heavy (non-hydrogen) atoms. The number of Topliss-reactive ketones (excluding diaryl/α,β-unsaturated/α-hetero) is 1. The summed E-state index contributed by atoms with van der Waals surface area (Å²) in [7, 11) is 0. The van der Waals surface area contributed by atoms with E-state index in [4.69, 9.17) is 5.73 Å². The van der Waals surface area contributed by atoms with E-state index in [0.717, 1.165) is 30.4 Å². The predicted molar refractivity (Wildman–Crippen MR) is 89.6 cm³/mol. The average molecular weight is 311 g/mol. The second kappa shape index (κ2) is 4.32. The first-order valence-corrected chi connectivity index (χ1v) is 8.67. The van der Waals surface area contributed by atoms with Gasteiger partial charge in [-0.3, -0.25) is 9.59 Å². The van der Waals surface area contributed by atoms with Gasteiger partial charge in [0.1, 0.15) is 5.78 Å². The van der Waals surface area contributed by atoms with Crippen molar-refractivity contribution in [2.45, 2.75) is 51.5 Å². The number of hydrogen-bond donors (Lipinski definition) is 1. The van der Waals surface area contributed by atoms with Crippen LogP contribution in [0.25, 0.3) is 0 Å². The van der Waals surface area contributed by atoms with Crippen molar-refractivity contribution < 1.29 is 9.59 Å². The van der Waals surface area contributed by atoms with E-state index < -0.39 is 5.54 Å². The zero-order valence-electron chi connectivity index (χ0n) is 14.0. The highest BCUT2D eigenvalue weighted by atomic mass is 16.1. The topological polar surface area (TPSA) is 60.2 Å². The van der Waals surface area contributed by atoms with Crippen molar-refractivity contribution in [3.63, 3.8) is 0 Å². The Balaban J connectivity index is 1.84. The lowest BCUT2D eigenvalue weighted by molar-refractivity contribution is -0.132. The molecule has 0 heterocycles. The van der Waals surface area contributed by atoms with E-state index in [1.54, 1.807) is 12.2 Å². The highest BCUT2D eigenvalue weighted by Crippen LogP contribution is 2.65. The predicted octanol–water partition coefficient (Wildman–Crippen LogP) is 3.11. The number of fused-ring (bicyclic) bond motifs is 5. The van der Waals surface area contributed by atoms with E-state index in [-0.39, 0.29) is 28.4 Å². The van der Waals surface area contributed by atoms with Gasteiger partial charge in [0.15, 0.2) is 5.78 Å². The normalized spacial score (nSPS) is 48.7. The minimum Gasteiger partial charge on any atom is -0.324 e. The first kappa shape index (κ1) is 15.1. The summed E-state index contributed by atoms with van der Waals surface area (Å²) in [5.74, 6) is 0.916. The summed E-state index contributed by atoms with van der Waals surface area (Å²) in [5.41, 5.74) is 8.20. The van der Waals surface area contributed by atoms with Crippen molar-refractivity contribution in [2.24, 2.45) is 28.4 Å². The second-order valence-corrected chi connectivity index (χ2v) is 8.49. The molecule has 2 N–H and O–H groups in total. The number of carbonyl (C=O) groups excluding carboxylic acids is 2. The van der Waals surface area contributed by atoms with E-state index in [1.165, 1.54) is 0 Å². The quantitative estimate of drug-likeness (QED) is 0.748. The van der Waals surface area contributed by atoms with Crippen LogP contribution in [0.3, 0.4) is 0 Å². The zero-order chi connectivity index (χ0) is 16.6. The Morgan fingerprint density at radius 3 is 2.70 bits per heavy atom. The summed E-state index contributed by atoms with van der Waals surface area (Å²) >= 11 is 0. The van der Waals surface area contributed by atoms with Gasteiger partial charge in [-0.25, -0.2) is 0 Å². The summed E-state index contributed by atoms with van der Waals surface area (Å²) in [6.07, 6.45) is 9.58. The highest BCUT2D eigenvalue weighted by molar-refractivity contribution is 6.02. The van der Waals surface area contributed by atoms with Gasteiger partial charge in [0.2, 0.25) is 0 Å². The molecule has 3 heteroatoms. The molecule has 122 valence electrons. The van der Waals surface area contributed by atoms with E-state index >= 15 is 0 Å². The van der Waals surface area contributed by atoms with Crippen LogP contribution in [-0.2, 0) is 9.59 Å². The maximum Gasteiger partial charge on any atom is 0.178 e. The molecule has 2 unspecified atom stereocenters. The van der Waals surface area contributed by atoms with E-state index in [1.807, 2.05) is 6.08 Å². The van der Waals surface area contributed by atoms with Gasteiger partial charge in [-0.05, 0) is 60.8 Å². The van der Waals surface area contributed by atoms with E-state index in [9.17, 15) is 9.59 Å². The molecule has 0 radical (unpaired) electrons. The van der Waals surface area contributed by atoms with Crippen LogP contribution >= 0.6 is 0 Å². The van der Waals surface area contributed by atoms with Gasteiger partial charge in [0.25, 0.3) is 0 Å². The third-order valence-corrected chi connectivity index (χ3v) is 7.40.